The van der Waals surface area contributed by atoms with E-state index in [2.05, 4.69) is 15.5 Å². The SMILES string of the molecule is O=C(NCc1ccco1)N1CCCC(c2n[nH]c(=O)n2-c2ccccc2)C1. The number of para-hydroxylation sites is 1. The van der Waals surface area contributed by atoms with Crippen molar-refractivity contribution in [3.63, 3.8) is 0 Å². The standard InChI is InChI=1S/C19H21N5O3/c25-18(20-12-16-9-5-11-27-16)23-10-4-6-14(13-23)17-21-22-19(26)24(17)15-7-2-1-3-8-15/h1-3,5,7-9,11,14H,4,6,10,12-13H2,(H,20,25)(H,22,26). The highest BCUT2D eigenvalue weighted by Gasteiger charge is 2.29. The van der Waals surface area contributed by atoms with Crippen molar-refractivity contribution in [3.05, 3.63) is 70.8 Å². The van der Waals surface area contributed by atoms with Gasteiger partial charge in [0.2, 0.25) is 0 Å². The number of urea groups is 1. The van der Waals surface area contributed by atoms with Crippen LogP contribution in [-0.2, 0) is 6.54 Å². The lowest BCUT2D eigenvalue weighted by Crippen LogP contribution is -2.45. The number of aromatic nitrogens is 3. The van der Waals surface area contributed by atoms with Crippen molar-refractivity contribution in [2.24, 2.45) is 0 Å². The normalized spacial score (nSPS) is 17.0. The molecule has 1 saturated heterocycles. The smallest absolute Gasteiger partial charge is 0.347 e. The molecule has 8 nitrogen and oxygen atoms in total. The summed E-state index contributed by atoms with van der Waals surface area (Å²) < 4.78 is 6.84. The van der Waals surface area contributed by atoms with Crippen molar-refractivity contribution < 1.29 is 9.21 Å². The van der Waals surface area contributed by atoms with Gasteiger partial charge in [-0.05, 0) is 37.1 Å². The first-order chi connectivity index (χ1) is 13.2. The topological polar surface area (TPSA) is 96.2 Å². The molecule has 8 heteroatoms. The van der Waals surface area contributed by atoms with Crippen LogP contribution in [0.2, 0.25) is 0 Å². The number of nitrogens with one attached hydrogen (secondary N) is 2. The highest BCUT2D eigenvalue weighted by atomic mass is 16.3. The summed E-state index contributed by atoms with van der Waals surface area (Å²) >= 11 is 0. The van der Waals surface area contributed by atoms with Gasteiger partial charge in [-0.1, -0.05) is 18.2 Å². The zero-order valence-corrected chi connectivity index (χ0v) is 14.8. The first kappa shape index (κ1) is 17.1. The molecule has 27 heavy (non-hydrogen) atoms. The molecule has 2 aromatic heterocycles. The molecular formula is C19H21N5O3. The summed E-state index contributed by atoms with van der Waals surface area (Å²) in [6.45, 7) is 1.55. The van der Waals surface area contributed by atoms with Gasteiger partial charge >= 0.3 is 11.7 Å². The third-order valence-corrected chi connectivity index (χ3v) is 4.78. The van der Waals surface area contributed by atoms with Crippen LogP contribution < -0.4 is 11.0 Å². The van der Waals surface area contributed by atoms with E-state index in [1.165, 1.54) is 0 Å². The predicted molar refractivity (Wildman–Crippen MR) is 98.7 cm³/mol. The summed E-state index contributed by atoms with van der Waals surface area (Å²) in [5, 5.41) is 9.67. The molecule has 1 aliphatic rings. The number of furan rings is 1. The first-order valence-corrected chi connectivity index (χ1v) is 9.00. The van der Waals surface area contributed by atoms with Gasteiger partial charge in [-0.3, -0.25) is 0 Å². The fourth-order valence-corrected chi connectivity index (χ4v) is 3.47. The number of aromatic amines is 1. The van der Waals surface area contributed by atoms with Crippen molar-refractivity contribution in [2.75, 3.05) is 13.1 Å². The van der Waals surface area contributed by atoms with Crippen LogP contribution in [0.5, 0.6) is 0 Å². The summed E-state index contributed by atoms with van der Waals surface area (Å²) in [6.07, 6.45) is 3.31. The maximum Gasteiger partial charge on any atom is 0.347 e. The number of benzene rings is 1. The van der Waals surface area contributed by atoms with Crippen molar-refractivity contribution in [1.29, 1.82) is 0 Å². The van der Waals surface area contributed by atoms with E-state index in [0.29, 0.717) is 31.2 Å². The van der Waals surface area contributed by atoms with E-state index in [1.807, 2.05) is 36.4 Å². The lowest BCUT2D eigenvalue weighted by molar-refractivity contribution is 0.177. The van der Waals surface area contributed by atoms with Crippen LogP contribution in [0.1, 0.15) is 30.3 Å². The number of amides is 2. The third kappa shape index (κ3) is 3.64. The Morgan fingerprint density at radius 2 is 2.11 bits per heavy atom. The van der Waals surface area contributed by atoms with Crippen LogP contribution in [0.25, 0.3) is 5.69 Å². The largest absolute Gasteiger partial charge is 0.467 e. The number of nitrogens with zero attached hydrogens (tertiary/aromatic N) is 3. The molecule has 1 atom stereocenters. The van der Waals surface area contributed by atoms with Crippen molar-refractivity contribution in [2.45, 2.75) is 25.3 Å². The summed E-state index contributed by atoms with van der Waals surface area (Å²) in [4.78, 5) is 26.6. The second-order valence-corrected chi connectivity index (χ2v) is 6.58. The van der Waals surface area contributed by atoms with Crippen LogP contribution in [0.15, 0.2) is 57.9 Å². The maximum absolute atomic E-state index is 12.5. The second kappa shape index (κ2) is 7.53. The summed E-state index contributed by atoms with van der Waals surface area (Å²) in [7, 11) is 0. The summed E-state index contributed by atoms with van der Waals surface area (Å²) in [6, 6.07) is 12.9. The van der Waals surface area contributed by atoms with Crippen LogP contribution in [-0.4, -0.2) is 38.8 Å². The molecule has 1 aliphatic heterocycles. The summed E-state index contributed by atoms with van der Waals surface area (Å²) in [5.74, 6) is 1.36. The fourth-order valence-electron chi connectivity index (χ4n) is 3.47. The molecule has 3 heterocycles. The van der Waals surface area contributed by atoms with Gasteiger partial charge in [0.15, 0.2) is 0 Å². The Balaban J connectivity index is 1.49. The number of carbonyl (C=O) groups excluding carboxylic acids is 1. The van der Waals surface area contributed by atoms with Gasteiger partial charge in [0.25, 0.3) is 0 Å². The monoisotopic (exact) mass is 367 g/mol. The molecule has 2 N–H and O–H groups in total. The predicted octanol–water partition coefficient (Wildman–Crippen LogP) is 2.24. The first-order valence-electron chi connectivity index (χ1n) is 9.00. The lowest BCUT2D eigenvalue weighted by atomic mass is 9.97. The molecule has 4 rings (SSSR count). The number of hydrogen-bond acceptors (Lipinski definition) is 4. The molecular weight excluding hydrogens is 346 g/mol. The van der Waals surface area contributed by atoms with E-state index in [-0.39, 0.29) is 17.6 Å². The number of carbonyl (C=O) groups is 1. The second-order valence-electron chi connectivity index (χ2n) is 6.58. The Hall–Kier alpha value is -3.29. The highest BCUT2D eigenvalue weighted by Crippen LogP contribution is 2.26. The van der Waals surface area contributed by atoms with Crippen molar-refractivity contribution >= 4 is 6.03 Å². The zero-order valence-electron chi connectivity index (χ0n) is 14.8. The zero-order chi connectivity index (χ0) is 18.6. The van der Waals surface area contributed by atoms with Crippen molar-refractivity contribution in [1.82, 2.24) is 25.0 Å². The minimum Gasteiger partial charge on any atom is -0.467 e. The van der Waals surface area contributed by atoms with E-state index in [9.17, 15) is 9.59 Å². The molecule has 1 aromatic carbocycles. The molecule has 0 bridgehead atoms. The molecule has 1 fully saturated rings. The van der Waals surface area contributed by atoms with E-state index in [1.54, 1.807) is 21.8 Å². The number of piperidine rings is 1. The van der Waals surface area contributed by atoms with Crippen LogP contribution in [0.4, 0.5) is 4.79 Å². The molecule has 1 unspecified atom stereocenters. The van der Waals surface area contributed by atoms with Gasteiger partial charge in [-0.15, -0.1) is 0 Å². The van der Waals surface area contributed by atoms with Gasteiger partial charge in [-0.2, -0.15) is 5.10 Å². The van der Waals surface area contributed by atoms with E-state index >= 15 is 0 Å². The molecule has 0 saturated carbocycles. The number of likely N-dealkylation sites (tertiary alicyclic amines) is 1. The minimum atomic E-state index is -0.268. The van der Waals surface area contributed by atoms with Crippen LogP contribution >= 0.6 is 0 Å². The molecule has 0 spiro atoms. The van der Waals surface area contributed by atoms with Gasteiger partial charge < -0.3 is 14.6 Å². The summed E-state index contributed by atoms with van der Waals surface area (Å²) in [5.41, 5.74) is 0.501. The Bertz CT molecular complexity index is 945. The Labute approximate surface area is 155 Å². The number of H-pyrrole nitrogens is 1. The molecule has 0 aliphatic carbocycles. The van der Waals surface area contributed by atoms with E-state index in [0.717, 1.165) is 18.5 Å². The minimum absolute atomic E-state index is 0.00716. The van der Waals surface area contributed by atoms with Gasteiger partial charge in [0, 0.05) is 19.0 Å². The maximum atomic E-state index is 12.5. The van der Waals surface area contributed by atoms with Crippen molar-refractivity contribution in [3.8, 4) is 5.69 Å². The van der Waals surface area contributed by atoms with Gasteiger partial charge in [-0.25, -0.2) is 19.3 Å². The van der Waals surface area contributed by atoms with E-state index in [4.69, 9.17) is 4.42 Å². The Kier molecular flexibility index (Phi) is 4.78. The average molecular weight is 367 g/mol. The fraction of sp³-hybridized carbons (Fsp3) is 0.316. The molecule has 0 radical (unpaired) electrons. The van der Waals surface area contributed by atoms with Crippen LogP contribution in [0, 0.1) is 0 Å². The average Bonchev–Trinajstić information content (AvgIpc) is 3.36. The quantitative estimate of drug-likeness (QED) is 0.739. The van der Waals surface area contributed by atoms with Crippen LogP contribution in [0.3, 0.4) is 0 Å². The number of rotatable bonds is 4. The molecule has 140 valence electrons. The third-order valence-electron chi connectivity index (χ3n) is 4.78. The molecule has 3 aromatic rings. The van der Waals surface area contributed by atoms with Gasteiger partial charge in [0.1, 0.15) is 11.6 Å². The van der Waals surface area contributed by atoms with E-state index < -0.39 is 0 Å². The number of hydrogen-bond donors (Lipinski definition) is 2. The highest BCUT2D eigenvalue weighted by molar-refractivity contribution is 5.74. The Morgan fingerprint density at radius 1 is 1.26 bits per heavy atom. The lowest BCUT2D eigenvalue weighted by Gasteiger charge is -2.32. The van der Waals surface area contributed by atoms with Gasteiger partial charge in [0.05, 0.1) is 18.5 Å². The Morgan fingerprint density at radius 3 is 2.89 bits per heavy atom. The molecule has 2 amide bonds.